The van der Waals surface area contributed by atoms with Gasteiger partial charge in [0.15, 0.2) is 0 Å². The van der Waals surface area contributed by atoms with E-state index in [4.69, 9.17) is 10.5 Å². The Balaban J connectivity index is 2.67. The maximum atomic E-state index is 5.66. The third kappa shape index (κ3) is 2.48. The predicted octanol–water partition coefficient (Wildman–Crippen LogP) is 1.44. The lowest BCUT2D eigenvalue weighted by molar-refractivity contribution is 0.0483. The molecule has 1 aromatic rings. The molecule has 0 saturated heterocycles. The molecule has 1 rings (SSSR count). The van der Waals surface area contributed by atoms with Crippen LogP contribution in [0.1, 0.15) is 19.4 Å². The molecule has 4 nitrogen and oxygen atoms in total. The van der Waals surface area contributed by atoms with Crippen LogP contribution in [0.15, 0.2) is 6.20 Å². The maximum Gasteiger partial charge on any atom is 0.148 e. The molecule has 2 N–H and O–H groups in total. The summed E-state index contributed by atoms with van der Waals surface area (Å²) in [6.45, 7) is 6.98. The van der Waals surface area contributed by atoms with E-state index in [1.165, 1.54) is 0 Å². The number of nitrogens with two attached hydrogens (primary N) is 1. The molecule has 0 aliphatic rings. The third-order valence-electron chi connectivity index (χ3n) is 2.40. The van der Waals surface area contributed by atoms with Gasteiger partial charge in [0.25, 0.3) is 0 Å². The van der Waals surface area contributed by atoms with Gasteiger partial charge in [-0.05, 0) is 12.8 Å². The Bertz CT molecular complexity index is 274. The third-order valence-corrected chi connectivity index (χ3v) is 2.40. The van der Waals surface area contributed by atoms with Crippen molar-refractivity contribution in [2.24, 2.45) is 5.92 Å². The number of nitrogens with zero attached hydrogens (tertiary/aromatic N) is 2. The Morgan fingerprint density at radius 3 is 2.57 bits per heavy atom. The SMILES string of the molecule is COC(Cn1cc(C)c(N)n1)C(C)C. The fourth-order valence-electron chi connectivity index (χ4n) is 1.37. The molecular formula is C10H19N3O. The zero-order valence-corrected chi connectivity index (χ0v) is 9.32. The normalized spacial score (nSPS) is 13.5. The largest absolute Gasteiger partial charge is 0.382 e. The summed E-state index contributed by atoms with van der Waals surface area (Å²) in [6.07, 6.45) is 2.14. The van der Waals surface area contributed by atoms with Crippen molar-refractivity contribution in [3.8, 4) is 0 Å². The minimum Gasteiger partial charge on any atom is -0.382 e. The van der Waals surface area contributed by atoms with Gasteiger partial charge in [0.1, 0.15) is 5.82 Å². The Kier molecular flexibility index (Phi) is 3.52. The summed E-state index contributed by atoms with van der Waals surface area (Å²) in [5.41, 5.74) is 6.68. The molecule has 0 amide bonds. The zero-order chi connectivity index (χ0) is 10.7. The quantitative estimate of drug-likeness (QED) is 0.794. The lowest BCUT2D eigenvalue weighted by atomic mass is 10.1. The molecule has 1 unspecified atom stereocenters. The van der Waals surface area contributed by atoms with E-state index in [0.29, 0.717) is 11.7 Å². The summed E-state index contributed by atoms with van der Waals surface area (Å²) < 4.78 is 7.21. The van der Waals surface area contributed by atoms with Gasteiger partial charge in [0.05, 0.1) is 12.6 Å². The molecule has 0 spiro atoms. The van der Waals surface area contributed by atoms with Crippen LogP contribution in [0.5, 0.6) is 0 Å². The van der Waals surface area contributed by atoms with Crippen LogP contribution in [-0.2, 0) is 11.3 Å². The highest BCUT2D eigenvalue weighted by Gasteiger charge is 2.13. The standard InChI is InChI=1S/C10H19N3O/c1-7(2)9(14-4)6-13-5-8(3)10(11)12-13/h5,7,9H,6H2,1-4H3,(H2,11,12). The van der Waals surface area contributed by atoms with Crippen LogP contribution < -0.4 is 5.73 Å². The highest BCUT2D eigenvalue weighted by molar-refractivity contribution is 5.35. The second kappa shape index (κ2) is 4.46. The van der Waals surface area contributed by atoms with Crippen LogP contribution in [0.25, 0.3) is 0 Å². The molecule has 4 heteroatoms. The van der Waals surface area contributed by atoms with Gasteiger partial charge in [-0.2, -0.15) is 5.10 Å². The van der Waals surface area contributed by atoms with Gasteiger partial charge >= 0.3 is 0 Å². The van der Waals surface area contributed by atoms with E-state index in [-0.39, 0.29) is 6.10 Å². The van der Waals surface area contributed by atoms with E-state index in [9.17, 15) is 0 Å². The fraction of sp³-hybridized carbons (Fsp3) is 0.700. The van der Waals surface area contributed by atoms with Gasteiger partial charge in [0, 0.05) is 18.9 Å². The average molecular weight is 197 g/mol. The fourth-order valence-corrected chi connectivity index (χ4v) is 1.37. The predicted molar refractivity (Wildman–Crippen MR) is 57.0 cm³/mol. The van der Waals surface area contributed by atoms with Gasteiger partial charge in [-0.1, -0.05) is 13.8 Å². The molecular weight excluding hydrogens is 178 g/mol. The van der Waals surface area contributed by atoms with Crippen molar-refractivity contribution in [1.29, 1.82) is 0 Å². The summed E-state index contributed by atoms with van der Waals surface area (Å²) in [5.74, 6) is 1.08. The van der Waals surface area contributed by atoms with Crippen LogP contribution in [0, 0.1) is 12.8 Å². The van der Waals surface area contributed by atoms with E-state index in [1.54, 1.807) is 7.11 Å². The first-order valence-corrected chi connectivity index (χ1v) is 4.87. The summed E-state index contributed by atoms with van der Waals surface area (Å²) >= 11 is 0. The molecule has 14 heavy (non-hydrogen) atoms. The minimum atomic E-state index is 0.189. The van der Waals surface area contributed by atoms with Crippen molar-refractivity contribution in [3.63, 3.8) is 0 Å². The summed E-state index contributed by atoms with van der Waals surface area (Å²) in [6, 6.07) is 0. The maximum absolute atomic E-state index is 5.66. The molecule has 0 aliphatic heterocycles. The number of anilines is 1. The van der Waals surface area contributed by atoms with Crippen molar-refractivity contribution < 1.29 is 4.74 Å². The number of nitrogen functional groups attached to an aromatic ring is 1. The van der Waals surface area contributed by atoms with Crippen LogP contribution >= 0.6 is 0 Å². The number of methoxy groups -OCH3 is 1. The van der Waals surface area contributed by atoms with Crippen LogP contribution in [0.2, 0.25) is 0 Å². The number of rotatable bonds is 4. The molecule has 1 aromatic heterocycles. The first-order valence-electron chi connectivity index (χ1n) is 4.87. The number of hydrogen-bond acceptors (Lipinski definition) is 3. The van der Waals surface area contributed by atoms with Gasteiger partial charge in [0.2, 0.25) is 0 Å². The summed E-state index contributed by atoms with van der Waals surface area (Å²) in [7, 11) is 1.73. The van der Waals surface area contributed by atoms with E-state index >= 15 is 0 Å². The van der Waals surface area contributed by atoms with Gasteiger partial charge in [-0.15, -0.1) is 0 Å². The van der Waals surface area contributed by atoms with Crippen LogP contribution in [0.3, 0.4) is 0 Å². The van der Waals surface area contributed by atoms with Gasteiger partial charge in [-0.3, -0.25) is 4.68 Å². The van der Waals surface area contributed by atoms with E-state index in [1.807, 2.05) is 17.8 Å². The highest BCUT2D eigenvalue weighted by atomic mass is 16.5. The van der Waals surface area contributed by atoms with Crippen LogP contribution in [0.4, 0.5) is 5.82 Å². The molecule has 1 atom stereocenters. The second-order valence-corrected chi connectivity index (χ2v) is 3.94. The van der Waals surface area contributed by atoms with Gasteiger partial charge in [-0.25, -0.2) is 0 Å². The number of ether oxygens (including phenoxy) is 1. The molecule has 1 heterocycles. The van der Waals surface area contributed by atoms with Crippen molar-refractivity contribution in [1.82, 2.24) is 9.78 Å². The molecule has 80 valence electrons. The van der Waals surface area contributed by atoms with E-state index in [2.05, 4.69) is 18.9 Å². The van der Waals surface area contributed by atoms with Crippen molar-refractivity contribution in [2.45, 2.75) is 33.4 Å². The van der Waals surface area contributed by atoms with Gasteiger partial charge < -0.3 is 10.5 Å². The Morgan fingerprint density at radius 1 is 1.57 bits per heavy atom. The highest BCUT2D eigenvalue weighted by Crippen LogP contribution is 2.11. The lowest BCUT2D eigenvalue weighted by Crippen LogP contribution is -2.24. The first-order chi connectivity index (χ1) is 6.54. The summed E-state index contributed by atoms with van der Waals surface area (Å²) in [4.78, 5) is 0. The van der Waals surface area contributed by atoms with Crippen molar-refractivity contribution >= 4 is 5.82 Å². The number of aryl methyl sites for hydroxylation is 1. The Morgan fingerprint density at radius 2 is 2.21 bits per heavy atom. The summed E-state index contributed by atoms with van der Waals surface area (Å²) in [5, 5.41) is 4.19. The smallest absolute Gasteiger partial charge is 0.148 e. The topological polar surface area (TPSA) is 53.1 Å². The lowest BCUT2D eigenvalue weighted by Gasteiger charge is -2.18. The monoisotopic (exact) mass is 197 g/mol. The minimum absolute atomic E-state index is 0.189. The molecule has 0 radical (unpaired) electrons. The number of aromatic nitrogens is 2. The second-order valence-electron chi connectivity index (χ2n) is 3.94. The molecule has 0 saturated carbocycles. The van der Waals surface area contributed by atoms with Crippen LogP contribution in [-0.4, -0.2) is 23.0 Å². The molecule has 0 aliphatic carbocycles. The van der Waals surface area contributed by atoms with Crippen molar-refractivity contribution in [3.05, 3.63) is 11.8 Å². The van der Waals surface area contributed by atoms with E-state index < -0.39 is 0 Å². The Hall–Kier alpha value is -1.03. The Labute approximate surface area is 85.0 Å². The zero-order valence-electron chi connectivity index (χ0n) is 9.32. The molecule has 0 aromatic carbocycles. The average Bonchev–Trinajstić information content (AvgIpc) is 2.41. The molecule has 0 bridgehead atoms. The molecule has 0 fully saturated rings. The van der Waals surface area contributed by atoms with Crippen molar-refractivity contribution in [2.75, 3.05) is 12.8 Å². The first kappa shape index (κ1) is 11.0. The number of hydrogen-bond donors (Lipinski definition) is 1. The van der Waals surface area contributed by atoms with E-state index in [0.717, 1.165) is 12.1 Å².